The van der Waals surface area contributed by atoms with E-state index in [4.69, 9.17) is 9.84 Å². The van der Waals surface area contributed by atoms with Crippen molar-refractivity contribution in [2.45, 2.75) is 51.6 Å². The lowest BCUT2D eigenvalue weighted by Gasteiger charge is -2.37. The van der Waals surface area contributed by atoms with E-state index in [2.05, 4.69) is 0 Å². The van der Waals surface area contributed by atoms with Gasteiger partial charge in [0, 0.05) is 13.6 Å². The third-order valence-electron chi connectivity index (χ3n) is 3.75. The number of urea groups is 1. The standard InChI is InChI=1S/C14H24N2O5/c1-4-10(12(17)18)15(3)14(20)16-9-7-6-8-11(16)13(19)21-5-2/h10-11H,4-9H2,1-3H3,(H,17,18). The van der Waals surface area contributed by atoms with Crippen molar-refractivity contribution in [3.05, 3.63) is 0 Å². The molecule has 1 aliphatic heterocycles. The summed E-state index contributed by atoms with van der Waals surface area (Å²) >= 11 is 0. The van der Waals surface area contributed by atoms with Crippen LogP contribution in [0.25, 0.3) is 0 Å². The van der Waals surface area contributed by atoms with Gasteiger partial charge in [0.05, 0.1) is 6.61 Å². The molecular formula is C14H24N2O5. The average Bonchev–Trinajstić information content (AvgIpc) is 2.47. The second-order valence-electron chi connectivity index (χ2n) is 5.11. The molecule has 120 valence electrons. The summed E-state index contributed by atoms with van der Waals surface area (Å²) in [7, 11) is 1.46. The topological polar surface area (TPSA) is 87.2 Å². The first-order chi connectivity index (χ1) is 9.93. The van der Waals surface area contributed by atoms with E-state index in [1.165, 1.54) is 16.8 Å². The number of hydrogen-bond donors (Lipinski definition) is 1. The predicted molar refractivity (Wildman–Crippen MR) is 75.9 cm³/mol. The van der Waals surface area contributed by atoms with Crippen molar-refractivity contribution in [1.29, 1.82) is 0 Å². The number of piperidine rings is 1. The van der Waals surface area contributed by atoms with Gasteiger partial charge >= 0.3 is 18.0 Å². The molecule has 7 nitrogen and oxygen atoms in total. The molecule has 0 aromatic rings. The first kappa shape index (κ1) is 17.3. The lowest BCUT2D eigenvalue weighted by atomic mass is 10.0. The maximum atomic E-state index is 12.5. The average molecular weight is 300 g/mol. The van der Waals surface area contributed by atoms with Crippen LogP contribution in [0.5, 0.6) is 0 Å². The van der Waals surface area contributed by atoms with Gasteiger partial charge in [-0.2, -0.15) is 0 Å². The van der Waals surface area contributed by atoms with E-state index >= 15 is 0 Å². The minimum atomic E-state index is -1.04. The van der Waals surface area contributed by atoms with E-state index in [1.54, 1.807) is 13.8 Å². The second kappa shape index (κ2) is 7.85. The number of amides is 2. The Morgan fingerprint density at radius 3 is 2.52 bits per heavy atom. The van der Waals surface area contributed by atoms with Crippen molar-refractivity contribution in [3.8, 4) is 0 Å². The number of likely N-dealkylation sites (tertiary alicyclic amines) is 1. The van der Waals surface area contributed by atoms with Gasteiger partial charge in [0.2, 0.25) is 0 Å². The number of carboxylic acids is 1. The largest absolute Gasteiger partial charge is 0.480 e. The van der Waals surface area contributed by atoms with Gasteiger partial charge in [0.1, 0.15) is 12.1 Å². The zero-order valence-corrected chi connectivity index (χ0v) is 12.9. The number of esters is 1. The Bertz CT molecular complexity index is 399. The van der Waals surface area contributed by atoms with Gasteiger partial charge in [0.15, 0.2) is 0 Å². The molecule has 0 radical (unpaired) electrons. The summed E-state index contributed by atoms with van der Waals surface area (Å²) < 4.78 is 5.01. The number of carboxylic acid groups (broad SMARTS) is 1. The molecule has 0 aromatic carbocycles. The fraction of sp³-hybridized carbons (Fsp3) is 0.786. The zero-order valence-electron chi connectivity index (χ0n) is 12.9. The monoisotopic (exact) mass is 300 g/mol. The molecule has 1 heterocycles. The van der Waals surface area contributed by atoms with Crippen LogP contribution < -0.4 is 0 Å². The number of carbonyl (C=O) groups excluding carboxylic acids is 2. The molecule has 21 heavy (non-hydrogen) atoms. The van der Waals surface area contributed by atoms with Crippen molar-refractivity contribution in [3.63, 3.8) is 0 Å². The Hall–Kier alpha value is -1.79. The SMILES string of the molecule is CCOC(=O)C1CCCCN1C(=O)N(C)C(CC)C(=O)O. The number of carbonyl (C=O) groups is 3. The Labute approximate surface area is 124 Å². The van der Waals surface area contributed by atoms with Gasteiger partial charge in [-0.1, -0.05) is 6.92 Å². The van der Waals surface area contributed by atoms with Crippen molar-refractivity contribution >= 4 is 18.0 Å². The highest BCUT2D eigenvalue weighted by Gasteiger charge is 2.37. The van der Waals surface area contributed by atoms with E-state index in [9.17, 15) is 14.4 Å². The van der Waals surface area contributed by atoms with Gasteiger partial charge in [-0.05, 0) is 32.6 Å². The first-order valence-electron chi connectivity index (χ1n) is 7.36. The molecule has 0 spiro atoms. The molecule has 0 aromatic heterocycles. The molecule has 7 heteroatoms. The Balaban J connectivity index is 2.85. The number of rotatable bonds is 5. The first-order valence-corrected chi connectivity index (χ1v) is 7.36. The van der Waals surface area contributed by atoms with Crippen LogP contribution in [0.4, 0.5) is 4.79 Å². The Kier molecular flexibility index (Phi) is 6.45. The highest BCUT2D eigenvalue weighted by Crippen LogP contribution is 2.20. The lowest BCUT2D eigenvalue weighted by molar-refractivity contribution is -0.149. The molecule has 0 aliphatic carbocycles. The summed E-state index contributed by atoms with van der Waals surface area (Å²) in [5, 5.41) is 9.15. The quantitative estimate of drug-likeness (QED) is 0.774. The van der Waals surface area contributed by atoms with E-state index in [-0.39, 0.29) is 6.61 Å². The normalized spacial score (nSPS) is 19.8. The molecule has 1 N–H and O–H groups in total. The Morgan fingerprint density at radius 1 is 1.33 bits per heavy atom. The van der Waals surface area contributed by atoms with E-state index in [0.717, 1.165) is 12.8 Å². The van der Waals surface area contributed by atoms with Gasteiger partial charge in [-0.3, -0.25) is 0 Å². The van der Waals surface area contributed by atoms with Crippen LogP contribution in [-0.2, 0) is 14.3 Å². The van der Waals surface area contributed by atoms with E-state index < -0.39 is 30.1 Å². The highest BCUT2D eigenvalue weighted by atomic mass is 16.5. The third kappa shape index (κ3) is 4.09. The van der Waals surface area contributed by atoms with Crippen LogP contribution in [0.15, 0.2) is 0 Å². The lowest BCUT2D eigenvalue weighted by Crippen LogP contribution is -2.55. The third-order valence-corrected chi connectivity index (χ3v) is 3.75. The summed E-state index contributed by atoms with van der Waals surface area (Å²) in [5.74, 6) is -1.46. The van der Waals surface area contributed by atoms with Crippen LogP contribution in [0.2, 0.25) is 0 Å². The molecule has 1 saturated heterocycles. The van der Waals surface area contributed by atoms with Gasteiger partial charge < -0.3 is 19.6 Å². The molecule has 1 fully saturated rings. The predicted octanol–water partition coefficient (Wildman–Crippen LogP) is 1.32. The molecule has 2 unspecified atom stereocenters. The minimum absolute atomic E-state index is 0.264. The van der Waals surface area contributed by atoms with Crippen molar-refractivity contribution in [1.82, 2.24) is 9.80 Å². The number of hydrogen-bond acceptors (Lipinski definition) is 4. The molecule has 1 aliphatic rings. The highest BCUT2D eigenvalue weighted by molar-refractivity contribution is 5.86. The second-order valence-corrected chi connectivity index (χ2v) is 5.11. The van der Waals surface area contributed by atoms with Crippen LogP contribution >= 0.6 is 0 Å². The fourth-order valence-electron chi connectivity index (χ4n) is 2.59. The molecule has 0 saturated carbocycles. The summed E-state index contributed by atoms with van der Waals surface area (Å²) in [6.07, 6.45) is 2.53. The smallest absolute Gasteiger partial charge is 0.328 e. The molecule has 2 amide bonds. The summed E-state index contributed by atoms with van der Waals surface area (Å²) in [6.45, 7) is 4.14. The van der Waals surface area contributed by atoms with Crippen LogP contribution in [-0.4, -0.2) is 65.2 Å². The summed E-state index contributed by atoms with van der Waals surface area (Å²) in [5.41, 5.74) is 0. The number of nitrogens with zero attached hydrogens (tertiary/aromatic N) is 2. The van der Waals surface area contributed by atoms with Crippen molar-refractivity contribution in [2.24, 2.45) is 0 Å². The van der Waals surface area contributed by atoms with Gasteiger partial charge in [-0.15, -0.1) is 0 Å². The maximum absolute atomic E-state index is 12.5. The van der Waals surface area contributed by atoms with Crippen LogP contribution in [0.3, 0.4) is 0 Å². The van der Waals surface area contributed by atoms with Crippen molar-refractivity contribution in [2.75, 3.05) is 20.2 Å². The molecule has 1 rings (SSSR count). The molecule has 2 atom stereocenters. The van der Waals surface area contributed by atoms with Gasteiger partial charge in [0.25, 0.3) is 0 Å². The zero-order chi connectivity index (χ0) is 16.0. The number of ether oxygens (including phenoxy) is 1. The summed E-state index contributed by atoms with van der Waals surface area (Å²) in [6, 6.07) is -1.93. The fourth-order valence-corrected chi connectivity index (χ4v) is 2.59. The number of aliphatic carboxylic acids is 1. The van der Waals surface area contributed by atoms with Crippen molar-refractivity contribution < 1.29 is 24.2 Å². The molecular weight excluding hydrogens is 276 g/mol. The number of likely N-dealkylation sites (N-methyl/N-ethyl adjacent to an activating group) is 1. The van der Waals surface area contributed by atoms with Gasteiger partial charge in [-0.25, -0.2) is 14.4 Å². The minimum Gasteiger partial charge on any atom is -0.480 e. The molecule has 0 bridgehead atoms. The summed E-state index contributed by atoms with van der Waals surface area (Å²) in [4.78, 5) is 38.3. The van der Waals surface area contributed by atoms with E-state index in [1.807, 2.05) is 0 Å². The van der Waals surface area contributed by atoms with E-state index in [0.29, 0.717) is 19.4 Å². The van der Waals surface area contributed by atoms with Crippen LogP contribution in [0, 0.1) is 0 Å². The van der Waals surface area contributed by atoms with Crippen LogP contribution in [0.1, 0.15) is 39.5 Å². The Morgan fingerprint density at radius 2 is 2.00 bits per heavy atom. The maximum Gasteiger partial charge on any atom is 0.328 e.